The van der Waals surface area contributed by atoms with E-state index >= 15 is 0 Å². The number of carbonyl (C=O) groups excluding carboxylic acids is 1. The zero-order valence-electron chi connectivity index (χ0n) is 9.50. The molecule has 1 saturated heterocycles. The molecule has 0 saturated carbocycles. The van der Waals surface area contributed by atoms with Gasteiger partial charge in [0.25, 0.3) is 0 Å². The largest absolute Gasteiger partial charge is 0.368 e. The standard InChI is InChI=1S/C11H22N2O2/c1-2-3-5-9(8-12)13-11(14)10-6-4-7-15-10/h9-10H,2-8,12H2,1H3,(H,13,14)/t9?,10-/m1/s1. The highest BCUT2D eigenvalue weighted by Crippen LogP contribution is 2.12. The first-order chi connectivity index (χ1) is 7.27. The van der Waals surface area contributed by atoms with Crippen LogP contribution in [-0.4, -0.2) is 31.2 Å². The quantitative estimate of drug-likeness (QED) is 0.687. The fraction of sp³-hybridized carbons (Fsp3) is 0.909. The summed E-state index contributed by atoms with van der Waals surface area (Å²) < 4.78 is 5.31. The van der Waals surface area contributed by atoms with Gasteiger partial charge < -0.3 is 15.8 Å². The Kier molecular flexibility index (Phi) is 5.65. The Balaban J connectivity index is 2.26. The van der Waals surface area contributed by atoms with Crippen LogP contribution in [0.3, 0.4) is 0 Å². The highest BCUT2D eigenvalue weighted by molar-refractivity contribution is 5.81. The molecule has 1 rings (SSSR count). The normalized spacial score (nSPS) is 22.7. The first kappa shape index (κ1) is 12.5. The molecule has 1 aliphatic rings. The zero-order valence-corrected chi connectivity index (χ0v) is 9.50. The number of unbranched alkanes of at least 4 members (excludes halogenated alkanes) is 1. The van der Waals surface area contributed by atoms with E-state index in [1.54, 1.807) is 0 Å². The van der Waals surface area contributed by atoms with Gasteiger partial charge in [0.05, 0.1) is 0 Å². The monoisotopic (exact) mass is 214 g/mol. The van der Waals surface area contributed by atoms with Crippen LogP contribution in [0.2, 0.25) is 0 Å². The lowest BCUT2D eigenvalue weighted by Gasteiger charge is -2.18. The first-order valence-electron chi connectivity index (χ1n) is 5.90. The lowest BCUT2D eigenvalue weighted by Crippen LogP contribution is -2.44. The van der Waals surface area contributed by atoms with Crippen molar-refractivity contribution in [2.45, 2.75) is 51.2 Å². The van der Waals surface area contributed by atoms with Crippen LogP contribution in [0.15, 0.2) is 0 Å². The van der Waals surface area contributed by atoms with Crippen molar-refractivity contribution in [1.82, 2.24) is 5.32 Å². The van der Waals surface area contributed by atoms with Gasteiger partial charge in [-0.05, 0) is 19.3 Å². The van der Waals surface area contributed by atoms with Crippen LogP contribution in [0.5, 0.6) is 0 Å². The number of nitrogens with one attached hydrogen (secondary N) is 1. The summed E-state index contributed by atoms with van der Waals surface area (Å²) in [6.07, 6.45) is 4.79. The summed E-state index contributed by atoms with van der Waals surface area (Å²) in [4.78, 5) is 11.7. The van der Waals surface area contributed by atoms with E-state index in [9.17, 15) is 4.79 Å². The summed E-state index contributed by atoms with van der Waals surface area (Å²) in [6, 6.07) is 0.113. The smallest absolute Gasteiger partial charge is 0.249 e. The van der Waals surface area contributed by atoms with E-state index in [1.807, 2.05) is 0 Å². The Hall–Kier alpha value is -0.610. The molecule has 0 spiro atoms. The molecule has 15 heavy (non-hydrogen) atoms. The molecular formula is C11H22N2O2. The summed E-state index contributed by atoms with van der Waals surface area (Å²) in [5, 5.41) is 2.95. The van der Waals surface area contributed by atoms with E-state index in [-0.39, 0.29) is 18.1 Å². The minimum Gasteiger partial charge on any atom is -0.368 e. The van der Waals surface area contributed by atoms with Crippen molar-refractivity contribution < 1.29 is 9.53 Å². The van der Waals surface area contributed by atoms with Crippen molar-refractivity contribution >= 4 is 5.91 Å². The first-order valence-corrected chi connectivity index (χ1v) is 5.90. The van der Waals surface area contributed by atoms with Gasteiger partial charge in [-0.2, -0.15) is 0 Å². The van der Waals surface area contributed by atoms with Crippen LogP contribution in [0.1, 0.15) is 39.0 Å². The van der Waals surface area contributed by atoms with Crippen molar-refractivity contribution in [3.05, 3.63) is 0 Å². The molecule has 1 amide bonds. The van der Waals surface area contributed by atoms with Gasteiger partial charge in [-0.1, -0.05) is 19.8 Å². The molecule has 1 fully saturated rings. The third-order valence-electron chi connectivity index (χ3n) is 2.76. The van der Waals surface area contributed by atoms with Gasteiger partial charge in [0.15, 0.2) is 0 Å². The van der Waals surface area contributed by atoms with Crippen molar-refractivity contribution in [2.24, 2.45) is 5.73 Å². The third kappa shape index (κ3) is 4.18. The molecule has 4 heteroatoms. The predicted molar refractivity (Wildman–Crippen MR) is 59.5 cm³/mol. The van der Waals surface area contributed by atoms with Gasteiger partial charge >= 0.3 is 0 Å². The summed E-state index contributed by atoms with van der Waals surface area (Å²) in [5.41, 5.74) is 5.60. The number of carbonyl (C=O) groups is 1. The predicted octanol–water partition coefficient (Wildman–Crippen LogP) is 0.799. The summed E-state index contributed by atoms with van der Waals surface area (Å²) >= 11 is 0. The Morgan fingerprint density at radius 2 is 2.47 bits per heavy atom. The van der Waals surface area contributed by atoms with Gasteiger partial charge in [0.2, 0.25) is 5.91 Å². The van der Waals surface area contributed by atoms with Crippen molar-refractivity contribution in [1.29, 1.82) is 0 Å². The molecule has 0 bridgehead atoms. The molecule has 1 unspecified atom stereocenters. The summed E-state index contributed by atoms with van der Waals surface area (Å²) in [5.74, 6) is 0.0130. The van der Waals surface area contributed by atoms with E-state index in [4.69, 9.17) is 10.5 Å². The van der Waals surface area contributed by atoms with Crippen LogP contribution in [0.4, 0.5) is 0 Å². The SMILES string of the molecule is CCCCC(CN)NC(=O)[C@H]1CCCO1. The second-order valence-electron chi connectivity index (χ2n) is 4.09. The Labute approximate surface area is 91.5 Å². The Morgan fingerprint density at radius 3 is 3.00 bits per heavy atom. The molecule has 0 aromatic carbocycles. The molecule has 1 heterocycles. The highest BCUT2D eigenvalue weighted by Gasteiger charge is 2.24. The van der Waals surface area contributed by atoms with Crippen molar-refractivity contribution in [3.8, 4) is 0 Å². The van der Waals surface area contributed by atoms with Gasteiger partial charge in [0.1, 0.15) is 6.10 Å². The van der Waals surface area contributed by atoms with E-state index in [0.29, 0.717) is 13.2 Å². The maximum absolute atomic E-state index is 11.7. The van der Waals surface area contributed by atoms with E-state index in [2.05, 4.69) is 12.2 Å². The van der Waals surface area contributed by atoms with Gasteiger partial charge in [-0.15, -0.1) is 0 Å². The molecular weight excluding hydrogens is 192 g/mol. The molecule has 4 nitrogen and oxygen atoms in total. The molecule has 0 aliphatic carbocycles. The van der Waals surface area contributed by atoms with Crippen LogP contribution >= 0.6 is 0 Å². The van der Waals surface area contributed by atoms with Gasteiger partial charge in [-0.3, -0.25) is 4.79 Å². The average molecular weight is 214 g/mol. The lowest BCUT2D eigenvalue weighted by atomic mass is 10.1. The molecule has 0 radical (unpaired) electrons. The lowest BCUT2D eigenvalue weighted by molar-refractivity contribution is -0.130. The highest BCUT2D eigenvalue weighted by atomic mass is 16.5. The fourth-order valence-corrected chi connectivity index (χ4v) is 1.78. The third-order valence-corrected chi connectivity index (χ3v) is 2.76. The molecule has 1 aliphatic heterocycles. The van der Waals surface area contributed by atoms with Crippen LogP contribution < -0.4 is 11.1 Å². The molecule has 3 N–H and O–H groups in total. The molecule has 0 aromatic heterocycles. The second-order valence-corrected chi connectivity index (χ2v) is 4.09. The maximum atomic E-state index is 11.7. The van der Waals surface area contributed by atoms with Crippen LogP contribution in [0.25, 0.3) is 0 Å². The fourth-order valence-electron chi connectivity index (χ4n) is 1.78. The van der Waals surface area contributed by atoms with Crippen molar-refractivity contribution in [2.75, 3.05) is 13.2 Å². The minimum atomic E-state index is -0.235. The maximum Gasteiger partial charge on any atom is 0.249 e. The van der Waals surface area contributed by atoms with E-state index in [1.165, 1.54) is 0 Å². The minimum absolute atomic E-state index is 0.0130. The van der Waals surface area contributed by atoms with E-state index < -0.39 is 0 Å². The Morgan fingerprint density at radius 1 is 1.67 bits per heavy atom. The van der Waals surface area contributed by atoms with Gasteiger partial charge in [0, 0.05) is 19.2 Å². The number of rotatable bonds is 6. The summed E-state index contributed by atoms with van der Waals surface area (Å²) in [6.45, 7) is 3.36. The average Bonchev–Trinajstić information content (AvgIpc) is 2.77. The number of amides is 1. The van der Waals surface area contributed by atoms with Crippen LogP contribution in [0, 0.1) is 0 Å². The zero-order chi connectivity index (χ0) is 11.1. The number of hydrogen-bond acceptors (Lipinski definition) is 3. The number of nitrogens with two attached hydrogens (primary N) is 1. The molecule has 2 atom stereocenters. The number of ether oxygens (including phenoxy) is 1. The van der Waals surface area contributed by atoms with Gasteiger partial charge in [-0.25, -0.2) is 0 Å². The van der Waals surface area contributed by atoms with Crippen LogP contribution in [-0.2, 0) is 9.53 Å². The number of hydrogen-bond donors (Lipinski definition) is 2. The molecule has 0 aromatic rings. The van der Waals surface area contributed by atoms with Crippen molar-refractivity contribution in [3.63, 3.8) is 0 Å². The topological polar surface area (TPSA) is 64.3 Å². The summed E-state index contributed by atoms with van der Waals surface area (Å²) in [7, 11) is 0. The molecule has 88 valence electrons. The van der Waals surface area contributed by atoms with E-state index in [0.717, 1.165) is 32.1 Å². The Bertz CT molecular complexity index is 191. The second kappa shape index (κ2) is 6.80.